The van der Waals surface area contributed by atoms with E-state index in [0.29, 0.717) is 6.54 Å². The lowest BCUT2D eigenvalue weighted by Crippen LogP contribution is -2.46. The molecular weight excluding hydrogens is 330 g/mol. The summed E-state index contributed by atoms with van der Waals surface area (Å²) in [4.78, 5) is 13.9. The number of carbonyl (C=O) groups excluding carboxylic acids is 1. The predicted molar refractivity (Wildman–Crippen MR) is 84.8 cm³/mol. The molecule has 0 spiro atoms. The molecule has 1 rings (SSSR count). The summed E-state index contributed by atoms with van der Waals surface area (Å²) in [7, 11) is -3.00. The number of carbonyl (C=O) groups is 1. The van der Waals surface area contributed by atoms with E-state index in [2.05, 4.69) is 5.32 Å². The van der Waals surface area contributed by atoms with Crippen LogP contribution in [-0.2, 0) is 24.7 Å². The van der Waals surface area contributed by atoms with Crippen molar-refractivity contribution in [3.63, 3.8) is 0 Å². The first-order valence-electron chi connectivity index (χ1n) is 7.10. The third-order valence-electron chi connectivity index (χ3n) is 3.45. The minimum atomic E-state index is -3.64. The van der Waals surface area contributed by atoms with Crippen molar-refractivity contribution >= 4 is 25.8 Å². The molecule has 1 atom stereocenters. The molecule has 1 fully saturated rings. The molecule has 0 saturated carbocycles. The maximum absolute atomic E-state index is 11.9. The van der Waals surface area contributed by atoms with Gasteiger partial charge in [0.2, 0.25) is 15.9 Å². The smallest absolute Gasteiger partial charge is 0.235 e. The predicted octanol–water partition coefficient (Wildman–Crippen LogP) is -1.50. The van der Waals surface area contributed by atoms with Crippen molar-refractivity contribution in [2.45, 2.75) is 18.9 Å². The molecular formula is C12H25N3O5S2. The zero-order valence-corrected chi connectivity index (χ0v) is 14.9. The van der Waals surface area contributed by atoms with Crippen molar-refractivity contribution in [3.05, 3.63) is 0 Å². The fourth-order valence-corrected chi connectivity index (χ4v) is 5.24. The van der Waals surface area contributed by atoms with Gasteiger partial charge < -0.3 is 10.2 Å². The van der Waals surface area contributed by atoms with Crippen molar-refractivity contribution in [1.82, 2.24) is 14.5 Å². The highest BCUT2D eigenvalue weighted by molar-refractivity contribution is 7.92. The Kier molecular flexibility index (Phi) is 6.78. The van der Waals surface area contributed by atoms with E-state index in [-0.39, 0.29) is 24.5 Å². The maximum Gasteiger partial charge on any atom is 0.235 e. The van der Waals surface area contributed by atoms with Gasteiger partial charge in [0.1, 0.15) is 0 Å². The van der Waals surface area contributed by atoms with Gasteiger partial charge in [-0.3, -0.25) is 4.79 Å². The molecule has 10 heteroatoms. The van der Waals surface area contributed by atoms with Crippen LogP contribution >= 0.6 is 0 Å². The Hall–Kier alpha value is -0.710. The van der Waals surface area contributed by atoms with Crippen LogP contribution in [0.5, 0.6) is 0 Å². The average Bonchev–Trinajstić information content (AvgIpc) is 2.70. The molecule has 0 bridgehead atoms. The molecule has 0 aromatic carbocycles. The van der Waals surface area contributed by atoms with Crippen molar-refractivity contribution in [3.8, 4) is 0 Å². The lowest BCUT2D eigenvalue weighted by atomic mass is 10.2. The Morgan fingerprint density at radius 1 is 1.32 bits per heavy atom. The van der Waals surface area contributed by atoms with Crippen molar-refractivity contribution in [1.29, 1.82) is 0 Å². The van der Waals surface area contributed by atoms with Crippen LogP contribution in [0.1, 0.15) is 12.8 Å². The number of amides is 1. The van der Waals surface area contributed by atoms with Crippen molar-refractivity contribution in [2.75, 3.05) is 51.5 Å². The van der Waals surface area contributed by atoms with Gasteiger partial charge in [-0.05, 0) is 33.5 Å². The van der Waals surface area contributed by atoms with Crippen LogP contribution in [0.4, 0.5) is 0 Å². The quantitative estimate of drug-likeness (QED) is 0.532. The summed E-state index contributed by atoms with van der Waals surface area (Å²) in [6.45, 7) is 0.940. The lowest BCUT2D eigenvalue weighted by Gasteiger charge is -2.25. The molecule has 0 aromatic heterocycles. The fraction of sp³-hybridized carbons (Fsp3) is 0.917. The van der Waals surface area contributed by atoms with Gasteiger partial charge in [0.25, 0.3) is 0 Å². The Balaban J connectivity index is 2.58. The van der Waals surface area contributed by atoms with E-state index in [0.717, 1.165) is 23.5 Å². The van der Waals surface area contributed by atoms with Crippen molar-refractivity contribution < 1.29 is 21.6 Å². The second kappa shape index (κ2) is 7.71. The van der Waals surface area contributed by atoms with Gasteiger partial charge in [-0.25, -0.2) is 16.8 Å². The van der Waals surface area contributed by atoms with Gasteiger partial charge >= 0.3 is 0 Å². The number of hydrogen-bond donors (Lipinski definition) is 1. The van der Waals surface area contributed by atoms with Crippen LogP contribution in [0.2, 0.25) is 0 Å². The highest BCUT2D eigenvalue weighted by Crippen LogP contribution is 2.19. The Morgan fingerprint density at radius 3 is 2.41 bits per heavy atom. The largest absolute Gasteiger partial charge is 0.355 e. The molecule has 8 nitrogen and oxygen atoms in total. The molecule has 1 aliphatic rings. The molecule has 130 valence electrons. The zero-order chi connectivity index (χ0) is 17.0. The third-order valence-corrected chi connectivity index (χ3v) is 6.47. The SMILES string of the molecule is CN(C)CCCNC(=O)CN(C1CCS(=O)(=O)C1)S(C)(=O)=O. The summed E-state index contributed by atoms with van der Waals surface area (Å²) in [5, 5.41) is 2.66. The van der Waals surface area contributed by atoms with E-state index in [9.17, 15) is 21.6 Å². The highest BCUT2D eigenvalue weighted by Gasteiger charge is 2.37. The van der Waals surface area contributed by atoms with E-state index in [1.165, 1.54) is 0 Å². The van der Waals surface area contributed by atoms with Gasteiger partial charge in [-0.15, -0.1) is 0 Å². The molecule has 0 radical (unpaired) electrons. The first-order valence-corrected chi connectivity index (χ1v) is 10.8. The minimum Gasteiger partial charge on any atom is -0.355 e. The number of nitrogens with zero attached hydrogens (tertiary/aromatic N) is 2. The van der Waals surface area contributed by atoms with Crippen LogP contribution in [0.3, 0.4) is 0 Å². The number of sulfone groups is 1. The van der Waals surface area contributed by atoms with Crippen LogP contribution in [0, 0.1) is 0 Å². The number of rotatable bonds is 8. The van der Waals surface area contributed by atoms with Gasteiger partial charge in [0, 0.05) is 12.6 Å². The summed E-state index contributed by atoms with van der Waals surface area (Å²) in [6.07, 6.45) is 2.00. The standard InChI is InChI=1S/C12H25N3O5S2/c1-14(2)7-4-6-13-12(16)9-15(21(3,17)18)11-5-8-22(19,20)10-11/h11H,4-10H2,1-3H3,(H,13,16). The van der Waals surface area contributed by atoms with E-state index in [4.69, 9.17) is 0 Å². The second-order valence-electron chi connectivity index (χ2n) is 5.87. The first-order chi connectivity index (χ1) is 10.0. The maximum atomic E-state index is 11.9. The van der Waals surface area contributed by atoms with E-state index in [1.807, 2.05) is 19.0 Å². The second-order valence-corrected chi connectivity index (χ2v) is 10.0. The first kappa shape index (κ1) is 19.3. The lowest BCUT2D eigenvalue weighted by molar-refractivity contribution is -0.121. The summed E-state index contributed by atoms with van der Waals surface area (Å²) in [5.74, 6) is -0.657. The Morgan fingerprint density at radius 2 is 1.95 bits per heavy atom. The minimum absolute atomic E-state index is 0.0336. The molecule has 1 N–H and O–H groups in total. The Labute approximate surface area is 132 Å². The molecule has 0 aliphatic carbocycles. The summed E-state index contributed by atoms with van der Waals surface area (Å²) < 4.78 is 47.7. The zero-order valence-electron chi connectivity index (χ0n) is 13.3. The van der Waals surface area contributed by atoms with E-state index >= 15 is 0 Å². The fourth-order valence-electron chi connectivity index (χ4n) is 2.34. The molecule has 1 aliphatic heterocycles. The molecule has 1 unspecified atom stereocenters. The number of hydrogen-bond acceptors (Lipinski definition) is 6. The van der Waals surface area contributed by atoms with Gasteiger partial charge in [-0.2, -0.15) is 4.31 Å². The number of sulfonamides is 1. The van der Waals surface area contributed by atoms with Crippen LogP contribution in [0.25, 0.3) is 0 Å². The summed E-state index contributed by atoms with van der Waals surface area (Å²) >= 11 is 0. The number of nitrogens with one attached hydrogen (secondary N) is 1. The monoisotopic (exact) mass is 355 g/mol. The highest BCUT2D eigenvalue weighted by atomic mass is 32.2. The van der Waals surface area contributed by atoms with E-state index in [1.54, 1.807) is 0 Å². The molecule has 1 saturated heterocycles. The van der Waals surface area contributed by atoms with Crippen molar-refractivity contribution in [2.24, 2.45) is 0 Å². The topological polar surface area (TPSA) is 104 Å². The summed E-state index contributed by atoms with van der Waals surface area (Å²) in [5.41, 5.74) is 0. The Bertz CT molecular complexity index is 586. The van der Waals surface area contributed by atoms with Gasteiger partial charge in [0.05, 0.1) is 24.3 Å². The molecule has 1 amide bonds. The van der Waals surface area contributed by atoms with E-state index < -0.39 is 31.8 Å². The van der Waals surface area contributed by atoms with Gasteiger partial charge in [-0.1, -0.05) is 0 Å². The normalized spacial score (nSPS) is 21.4. The molecule has 1 heterocycles. The molecule has 22 heavy (non-hydrogen) atoms. The summed E-state index contributed by atoms with van der Waals surface area (Å²) in [6, 6.07) is -0.646. The van der Waals surface area contributed by atoms with Crippen LogP contribution in [0.15, 0.2) is 0 Å². The van der Waals surface area contributed by atoms with Crippen LogP contribution in [-0.4, -0.2) is 89.5 Å². The average molecular weight is 355 g/mol. The molecule has 0 aromatic rings. The third kappa shape index (κ3) is 6.59. The van der Waals surface area contributed by atoms with Gasteiger partial charge in [0.15, 0.2) is 9.84 Å². The van der Waals surface area contributed by atoms with Crippen LogP contribution < -0.4 is 5.32 Å².